The van der Waals surface area contributed by atoms with Gasteiger partial charge in [-0.3, -0.25) is 19.1 Å². The number of carbonyl (C=O) groups excluding carboxylic acids is 4. The van der Waals surface area contributed by atoms with Crippen molar-refractivity contribution in [2.75, 3.05) is 13.7 Å². The molecule has 7 fully saturated rings. The Morgan fingerprint density at radius 2 is 1.71 bits per heavy atom. The van der Waals surface area contributed by atoms with E-state index >= 15 is 0 Å². The van der Waals surface area contributed by atoms with Crippen molar-refractivity contribution in [1.29, 1.82) is 0 Å². The maximum Gasteiger partial charge on any atom is 0.408 e. The number of benzene rings is 1. The lowest BCUT2D eigenvalue weighted by molar-refractivity contribution is -0.144. The third-order valence-corrected chi connectivity index (χ3v) is 15.9. The second-order valence-corrected chi connectivity index (χ2v) is 21.7. The predicted molar refractivity (Wildman–Crippen MR) is 222 cm³/mol. The summed E-state index contributed by atoms with van der Waals surface area (Å²) in [6.07, 6.45) is 8.80. The quantitative estimate of drug-likeness (QED) is 0.125. The highest BCUT2D eigenvalue weighted by molar-refractivity contribution is 7.91. The number of hydrogen-bond acceptors (Lipinski definition) is 11. The molecule has 0 spiro atoms. The van der Waals surface area contributed by atoms with Crippen LogP contribution < -0.4 is 20.1 Å². The third kappa shape index (κ3) is 8.48. The van der Waals surface area contributed by atoms with Gasteiger partial charge in [0.05, 0.1) is 25.1 Å². The highest BCUT2D eigenvalue weighted by atomic mass is 32.2. The van der Waals surface area contributed by atoms with E-state index in [0.717, 1.165) is 35.3 Å². The molecule has 16 heteroatoms. The number of sulfonamides is 1. The lowest BCUT2D eigenvalue weighted by Crippen LogP contribution is -2.61. The molecule has 6 saturated carbocycles. The number of alkyl carbamates (subject to hydrolysis) is 1. The number of ether oxygens (including phenoxy) is 2. The highest BCUT2D eigenvalue weighted by Gasteiger charge is 2.62. The molecule has 6 aliphatic carbocycles. The normalized spacial score (nSPS) is 31.4. The Hall–Kier alpha value is -4.44. The van der Waals surface area contributed by atoms with Crippen molar-refractivity contribution in [1.82, 2.24) is 20.3 Å². The van der Waals surface area contributed by atoms with Crippen LogP contribution >= 0.6 is 11.3 Å². The molecule has 2 heterocycles. The van der Waals surface area contributed by atoms with Crippen LogP contribution in [0.4, 0.5) is 4.79 Å². The molecule has 1 aromatic carbocycles. The van der Waals surface area contributed by atoms with E-state index in [1.165, 1.54) is 30.2 Å². The summed E-state index contributed by atoms with van der Waals surface area (Å²) in [6.45, 7) is 9.25. The van der Waals surface area contributed by atoms with Gasteiger partial charge >= 0.3 is 6.09 Å². The predicted octanol–water partition coefficient (Wildman–Crippen LogP) is 5.52. The van der Waals surface area contributed by atoms with Crippen LogP contribution in [0.5, 0.6) is 5.75 Å². The van der Waals surface area contributed by atoms with Crippen molar-refractivity contribution in [2.45, 2.75) is 120 Å². The summed E-state index contributed by atoms with van der Waals surface area (Å²) in [4.78, 5) is 65.0. The number of nitrogens with one attached hydrogen (secondary N) is 3. The van der Waals surface area contributed by atoms with Gasteiger partial charge in [0, 0.05) is 28.3 Å². The Morgan fingerprint density at radius 1 is 1.02 bits per heavy atom. The first-order chi connectivity index (χ1) is 28.0. The number of amides is 4. The molecule has 14 nitrogen and oxygen atoms in total. The maximum absolute atomic E-state index is 14.8. The molecule has 318 valence electrons. The van der Waals surface area contributed by atoms with Crippen LogP contribution in [-0.2, 0) is 34.0 Å². The van der Waals surface area contributed by atoms with Crippen LogP contribution in [0.15, 0.2) is 53.5 Å². The fourth-order valence-electron chi connectivity index (χ4n) is 10.3. The molecule has 5 atom stereocenters. The SMILES string of the molecule is C=C[C@@H]1C[C@@]1(NC(=O)[C@@H]1C[C@@H](O/N=C/c2cc(OC)ccc2-c2cccs2)CN1C(=O)[C@@H](NC(=O)OC12CC3CC(CC(C3)C1)C2)C(C)(C)C)C(=O)NS(=O)(=O)C1CC1. The standard InChI is InChI=1S/C43H55N5O9S2/c1-6-29-22-43(29,39(51)47-59(53,54)32-10-11-32)46-37(49)34-18-31(57-44-23-28-17-30(55-5)9-12-33(28)35-8-7-13-58-35)24-48(34)38(50)36(41(2,3)4)45-40(52)56-42-19-25-14-26(20-42)16-27(15-25)21-42/h6-9,12-13,17,23,25-27,29,31-32,34,36H,1,10-11,14-16,18-22,24H2,2-5H3,(H,45,52)(H,46,49)(H,47,51)/b44-23+/t25?,26?,27?,29-,31-,34+,36-,42?,43+/m1/s1. The lowest BCUT2D eigenvalue weighted by Gasteiger charge is -2.55. The molecule has 0 radical (unpaired) electrons. The van der Waals surface area contributed by atoms with Gasteiger partial charge in [-0.2, -0.15) is 0 Å². The Morgan fingerprint density at radius 3 is 2.29 bits per heavy atom. The van der Waals surface area contributed by atoms with E-state index in [9.17, 15) is 27.6 Å². The molecule has 3 N–H and O–H groups in total. The lowest BCUT2D eigenvalue weighted by atomic mass is 9.54. The Balaban J connectivity index is 1.03. The van der Waals surface area contributed by atoms with E-state index in [1.807, 2.05) is 56.5 Å². The van der Waals surface area contributed by atoms with Gasteiger partial charge < -0.3 is 29.8 Å². The average molecular weight is 850 g/mol. The zero-order valence-corrected chi connectivity index (χ0v) is 35.7. The van der Waals surface area contributed by atoms with E-state index in [4.69, 9.17) is 14.3 Å². The number of hydrogen-bond donors (Lipinski definition) is 3. The van der Waals surface area contributed by atoms with Crippen molar-refractivity contribution in [2.24, 2.45) is 34.2 Å². The molecular formula is C43H55N5O9S2. The van der Waals surface area contributed by atoms with E-state index in [2.05, 4.69) is 27.1 Å². The largest absolute Gasteiger partial charge is 0.497 e. The average Bonchev–Trinajstić information content (AvgIpc) is 4.04. The summed E-state index contributed by atoms with van der Waals surface area (Å²) >= 11 is 1.58. The van der Waals surface area contributed by atoms with Gasteiger partial charge in [0.15, 0.2) is 0 Å². The zero-order chi connectivity index (χ0) is 41.9. The van der Waals surface area contributed by atoms with Crippen molar-refractivity contribution < 1.29 is 41.9 Å². The van der Waals surface area contributed by atoms with Gasteiger partial charge in [-0.15, -0.1) is 17.9 Å². The summed E-state index contributed by atoms with van der Waals surface area (Å²) in [5.41, 5.74) is -1.23. The highest BCUT2D eigenvalue weighted by Crippen LogP contribution is 2.57. The first-order valence-electron chi connectivity index (χ1n) is 20.7. The summed E-state index contributed by atoms with van der Waals surface area (Å²) in [5.74, 6) is -0.254. The minimum atomic E-state index is -3.91. The fraction of sp³-hybridized carbons (Fsp3) is 0.605. The fourth-order valence-corrected chi connectivity index (χ4v) is 12.4. The number of oxime groups is 1. The Bertz CT molecular complexity index is 2090. The van der Waals surface area contributed by atoms with Crippen molar-refractivity contribution >= 4 is 51.4 Å². The summed E-state index contributed by atoms with van der Waals surface area (Å²) in [5, 5.41) is 11.4. The Labute approximate surface area is 349 Å². The molecule has 59 heavy (non-hydrogen) atoms. The van der Waals surface area contributed by atoms with Gasteiger partial charge in [0.25, 0.3) is 5.91 Å². The Kier molecular flexibility index (Phi) is 10.9. The van der Waals surface area contributed by atoms with Crippen LogP contribution in [0.2, 0.25) is 0 Å². The number of methoxy groups -OCH3 is 1. The number of nitrogens with zero attached hydrogens (tertiary/aromatic N) is 2. The molecular weight excluding hydrogens is 795 g/mol. The second-order valence-electron chi connectivity index (χ2n) is 18.8. The number of likely N-dealkylation sites (tertiary alicyclic amines) is 1. The molecule has 7 aliphatic rings. The number of carbonyl (C=O) groups is 4. The molecule has 4 bridgehead atoms. The molecule has 1 saturated heterocycles. The van der Waals surface area contributed by atoms with Crippen LogP contribution in [0, 0.1) is 29.1 Å². The van der Waals surface area contributed by atoms with Crippen LogP contribution in [-0.4, -0.2) is 91.6 Å². The first kappa shape index (κ1) is 41.3. The maximum atomic E-state index is 14.8. The van der Waals surface area contributed by atoms with Gasteiger partial charge in [-0.05, 0) is 111 Å². The monoisotopic (exact) mass is 849 g/mol. The van der Waals surface area contributed by atoms with Crippen LogP contribution in [0.25, 0.3) is 10.4 Å². The molecule has 4 amide bonds. The summed E-state index contributed by atoms with van der Waals surface area (Å²) < 4.78 is 39.5. The molecule has 1 aliphatic heterocycles. The second kappa shape index (κ2) is 15.5. The van der Waals surface area contributed by atoms with E-state index < -0.39 is 79.7 Å². The molecule has 2 aromatic rings. The van der Waals surface area contributed by atoms with Crippen LogP contribution in [0.3, 0.4) is 0 Å². The number of thiophene rings is 1. The zero-order valence-electron chi connectivity index (χ0n) is 34.1. The number of rotatable bonds is 14. The van der Waals surface area contributed by atoms with Gasteiger partial charge in [-0.25, -0.2) is 13.2 Å². The van der Waals surface area contributed by atoms with E-state index in [0.29, 0.717) is 36.3 Å². The molecule has 0 unspecified atom stereocenters. The first-order valence-corrected chi connectivity index (χ1v) is 23.2. The van der Waals surface area contributed by atoms with Gasteiger partial charge in [0.1, 0.15) is 35.1 Å². The minimum Gasteiger partial charge on any atom is -0.497 e. The van der Waals surface area contributed by atoms with Crippen molar-refractivity contribution in [3.05, 3.63) is 53.9 Å². The van der Waals surface area contributed by atoms with Crippen molar-refractivity contribution in [3.63, 3.8) is 0 Å². The smallest absolute Gasteiger partial charge is 0.408 e. The third-order valence-electron chi connectivity index (χ3n) is 13.2. The van der Waals surface area contributed by atoms with E-state index in [1.54, 1.807) is 24.7 Å². The summed E-state index contributed by atoms with van der Waals surface area (Å²) in [7, 11) is -2.33. The molecule has 9 rings (SSSR count). The molecule has 1 aromatic heterocycles. The van der Waals surface area contributed by atoms with Crippen LogP contribution in [0.1, 0.15) is 90.5 Å². The van der Waals surface area contributed by atoms with Crippen molar-refractivity contribution in [3.8, 4) is 16.2 Å². The van der Waals surface area contributed by atoms with Gasteiger partial charge in [-0.1, -0.05) is 38.1 Å². The summed E-state index contributed by atoms with van der Waals surface area (Å²) in [6, 6.07) is 7.35. The van der Waals surface area contributed by atoms with E-state index in [-0.39, 0.29) is 19.4 Å². The van der Waals surface area contributed by atoms with Gasteiger partial charge in [0.2, 0.25) is 21.8 Å². The minimum absolute atomic E-state index is 0.0101. The topological polar surface area (TPSA) is 182 Å².